The molecule has 0 spiro atoms. The molecule has 0 saturated heterocycles. The van der Waals surface area contributed by atoms with E-state index in [2.05, 4.69) is 217 Å². The number of fused-ring (bicyclic) bond motifs is 6. The quantitative estimate of drug-likeness (QED) is 0.0952. The molecular formula is C65H42N4. The molecule has 0 radical (unpaired) electrons. The third-order valence-corrected chi connectivity index (χ3v) is 13.8. The molecule has 13 rings (SSSR count). The number of pyridine rings is 1. The van der Waals surface area contributed by atoms with Crippen molar-refractivity contribution in [1.82, 2.24) is 4.98 Å². The first-order chi connectivity index (χ1) is 34.1. The van der Waals surface area contributed by atoms with E-state index in [9.17, 15) is 0 Å². The lowest BCUT2D eigenvalue weighted by Crippen LogP contribution is -2.13. The first-order valence-electron chi connectivity index (χ1n) is 23.4. The number of hydrogen-bond donors (Lipinski definition) is 2. The molecule has 0 atom stereocenters. The molecule has 69 heavy (non-hydrogen) atoms. The third kappa shape index (κ3) is 6.97. The molecule has 0 aliphatic heterocycles. The van der Waals surface area contributed by atoms with Gasteiger partial charge in [-0.2, -0.15) is 5.10 Å². The highest BCUT2D eigenvalue weighted by Crippen LogP contribution is 2.46. The van der Waals surface area contributed by atoms with E-state index in [1.165, 1.54) is 98.0 Å². The summed E-state index contributed by atoms with van der Waals surface area (Å²) in [6, 6.07) is 76.4. The summed E-state index contributed by atoms with van der Waals surface area (Å²) in [6.45, 7) is 0. The molecule has 1 heterocycles. The molecular weight excluding hydrogens is 837 g/mol. The molecule has 12 aromatic rings. The average molecular weight is 879 g/mol. The van der Waals surface area contributed by atoms with Gasteiger partial charge in [0.1, 0.15) is 5.71 Å². The number of benzene rings is 11. The maximum atomic E-state index is 8.95. The van der Waals surface area contributed by atoms with Crippen LogP contribution in [0.4, 0.5) is 5.69 Å². The fourth-order valence-corrected chi connectivity index (χ4v) is 10.6. The number of nitrogens with one attached hydrogen (secondary N) is 2. The standard InChI is InChI=1S/C65H42N4/c66-60-34-30-47(39-61(60)69-68-51-31-27-43(28-32-51)62-52-17-5-9-21-56(52)65(50-16-11-35-67-40-50)57-22-10-6-18-53(57)62)46-29-33-58-59(38-46)64(49-26-24-42-13-2-4-15-45(42)37-49)55-20-8-7-19-54(55)63(58)48-25-23-41-12-1-3-14-44(41)36-48/h1-40,66,68H/b66-60?,69-61-. The van der Waals surface area contributed by atoms with E-state index >= 15 is 0 Å². The molecule has 0 bridgehead atoms. The van der Waals surface area contributed by atoms with Crippen LogP contribution in [0.3, 0.4) is 0 Å². The Kier molecular flexibility index (Phi) is 9.62. The first kappa shape index (κ1) is 40.1. The van der Waals surface area contributed by atoms with E-state index in [-0.39, 0.29) is 0 Å². The maximum absolute atomic E-state index is 8.95. The van der Waals surface area contributed by atoms with Crippen LogP contribution in [-0.2, 0) is 0 Å². The van der Waals surface area contributed by atoms with Crippen molar-refractivity contribution in [3.63, 3.8) is 0 Å². The molecule has 0 saturated carbocycles. The summed E-state index contributed by atoms with van der Waals surface area (Å²) in [5.41, 5.74) is 16.5. The molecule has 0 amide bonds. The minimum Gasteiger partial charge on any atom is -0.299 e. The van der Waals surface area contributed by atoms with Gasteiger partial charge in [-0.25, -0.2) is 0 Å². The van der Waals surface area contributed by atoms with Crippen LogP contribution in [0, 0.1) is 5.41 Å². The Bertz CT molecular complexity index is 4100. The van der Waals surface area contributed by atoms with Gasteiger partial charge in [-0.15, -0.1) is 0 Å². The fraction of sp³-hybridized carbons (Fsp3) is 0. The zero-order valence-electron chi connectivity index (χ0n) is 37.5. The van der Waals surface area contributed by atoms with Crippen molar-refractivity contribution in [3.8, 4) is 44.5 Å². The zero-order chi connectivity index (χ0) is 45.8. The summed E-state index contributed by atoms with van der Waals surface area (Å²) < 4.78 is 0. The molecule has 1 aliphatic rings. The van der Waals surface area contributed by atoms with Crippen molar-refractivity contribution < 1.29 is 0 Å². The lowest BCUT2D eigenvalue weighted by molar-refractivity contribution is 1.33. The molecule has 11 aromatic carbocycles. The Labute approximate surface area is 399 Å². The molecule has 4 heteroatoms. The highest BCUT2D eigenvalue weighted by molar-refractivity contribution is 6.51. The largest absolute Gasteiger partial charge is 0.299 e. The molecule has 1 aromatic heterocycles. The minimum atomic E-state index is 0.344. The second kappa shape index (κ2) is 16.6. The predicted octanol–water partition coefficient (Wildman–Crippen LogP) is 17.1. The van der Waals surface area contributed by atoms with Gasteiger partial charge in [-0.1, -0.05) is 182 Å². The van der Waals surface area contributed by atoms with Gasteiger partial charge in [0.05, 0.1) is 11.4 Å². The van der Waals surface area contributed by atoms with Crippen LogP contribution >= 0.6 is 0 Å². The zero-order valence-corrected chi connectivity index (χ0v) is 37.5. The number of nitrogens with zero attached hydrogens (tertiary/aromatic N) is 2. The summed E-state index contributed by atoms with van der Waals surface area (Å²) in [6.07, 6.45) is 9.67. The van der Waals surface area contributed by atoms with E-state index in [1.54, 1.807) is 0 Å². The van der Waals surface area contributed by atoms with Crippen LogP contribution in [0.2, 0.25) is 0 Å². The number of hydrazone groups is 1. The monoisotopic (exact) mass is 878 g/mol. The lowest BCUT2D eigenvalue weighted by atomic mass is 9.84. The third-order valence-electron chi connectivity index (χ3n) is 13.8. The first-order valence-corrected chi connectivity index (χ1v) is 23.4. The predicted molar refractivity (Wildman–Crippen MR) is 293 cm³/mol. The lowest BCUT2D eigenvalue weighted by Gasteiger charge is -2.20. The number of hydrogen-bond acceptors (Lipinski definition) is 4. The Balaban J connectivity index is 0.896. The van der Waals surface area contributed by atoms with Crippen LogP contribution in [0.25, 0.3) is 115 Å². The topological polar surface area (TPSA) is 61.1 Å². The van der Waals surface area contributed by atoms with Gasteiger partial charge in [0, 0.05) is 18.0 Å². The summed E-state index contributed by atoms with van der Waals surface area (Å²) in [4.78, 5) is 4.46. The molecule has 322 valence electrons. The van der Waals surface area contributed by atoms with Gasteiger partial charge in [0.15, 0.2) is 0 Å². The van der Waals surface area contributed by atoms with E-state index in [4.69, 9.17) is 10.5 Å². The van der Waals surface area contributed by atoms with Crippen molar-refractivity contribution >= 4 is 87.3 Å². The van der Waals surface area contributed by atoms with Crippen LogP contribution < -0.4 is 5.43 Å². The highest BCUT2D eigenvalue weighted by atomic mass is 15.3. The van der Waals surface area contributed by atoms with Crippen molar-refractivity contribution in [1.29, 1.82) is 5.41 Å². The van der Waals surface area contributed by atoms with E-state index < -0.39 is 0 Å². The Morgan fingerprint density at radius 2 is 0.826 bits per heavy atom. The average Bonchev–Trinajstić information content (AvgIpc) is 3.41. The van der Waals surface area contributed by atoms with Gasteiger partial charge in [0.25, 0.3) is 0 Å². The van der Waals surface area contributed by atoms with Gasteiger partial charge in [0.2, 0.25) is 0 Å². The van der Waals surface area contributed by atoms with E-state index in [0.717, 1.165) is 28.0 Å². The van der Waals surface area contributed by atoms with Crippen LogP contribution in [-0.4, -0.2) is 16.4 Å². The summed E-state index contributed by atoms with van der Waals surface area (Å²) in [5, 5.41) is 28.2. The van der Waals surface area contributed by atoms with E-state index in [0.29, 0.717) is 11.4 Å². The van der Waals surface area contributed by atoms with Gasteiger partial charge >= 0.3 is 0 Å². The number of anilines is 1. The van der Waals surface area contributed by atoms with Gasteiger partial charge in [-0.3, -0.25) is 15.8 Å². The van der Waals surface area contributed by atoms with Crippen molar-refractivity contribution in [3.05, 3.63) is 249 Å². The molecule has 1 aliphatic carbocycles. The maximum Gasteiger partial charge on any atom is 0.109 e. The molecule has 2 N–H and O–H groups in total. The van der Waals surface area contributed by atoms with Crippen LogP contribution in [0.5, 0.6) is 0 Å². The molecule has 4 nitrogen and oxygen atoms in total. The van der Waals surface area contributed by atoms with E-state index in [1.807, 2.05) is 36.7 Å². The number of rotatable bonds is 7. The number of allylic oxidation sites excluding steroid dienone is 4. The normalized spacial score (nSPS) is 13.3. The Hall–Kier alpha value is -9.25. The second-order valence-corrected chi connectivity index (χ2v) is 17.8. The smallest absolute Gasteiger partial charge is 0.109 e. The summed E-state index contributed by atoms with van der Waals surface area (Å²) in [5.74, 6) is 0. The van der Waals surface area contributed by atoms with Gasteiger partial charge < -0.3 is 0 Å². The van der Waals surface area contributed by atoms with Crippen molar-refractivity contribution in [2.45, 2.75) is 0 Å². The number of aromatic nitrogens is 1. The van der Waals surface area contributed by atoms with Crippen LogP contribution in [0.1, 0.15) is 5.56 Å². The summed E-state index contributed by atoms with van der Waals surface area (Å²) >= 11 is 0. The minimum absolute atomic E-state index is 0.344. The summed E-state index contributed by atoms with van der Waals surface area (Å²) in [7, 11) is 0. The molecule has 0 fully saturated rings. The van der Waals surface area contributed by atoms with Crippen molar-refractivity contribution in [2.75, 3.05) is 5.43 Å². The second-order valence-electron chi connectivity index (χ2n) is 17.8. The van der Waals surface area contributed by atoms with Crippen molar-refractivity contribution in [2.24, 2.45) is 5.10 Å². The molecule has 0 unspecified atom stereocenters. The van der Waals surface area contributed by atoms with Gasteiger partial charge in [-0.05, 0) is 163 Å². The highest BCUT2D eigenvalue weighted by Gasteiger charge is 2.20. The Morgan fingerprint density at radius 1 is 0.362 bits per heavy atom. The van der Waals surface area contributed by atoms with Crippen LogP contribution in [0.15, 0.2) is 248 Å². The SMILES string of the molecule is N=C1C=CC(c2ccc3c(-c4ccc5ccccc5c4)c4ccccc4c(-c4ccc5ccccc5c4)c3c2)=C/C1=N/Nc1ccc(-c2c3ccccc3c(-c3cccnc3)c3ccccc23)cc1. The fourth-order valence-electron chi connectivity index (χ4n) is 10.6. The Morgan fingerprint density at radius 3 is 1.38 bits per heavy atom.